The summed E-state index contributed by atoms with van der Waals surface area (Å²) in [5.74, 6) is 0.566. The van der Waals surface area contributed by atoms with Gasteiger partial charge in [-0.1, -0.05) is 30.1 Å². The minimum atomic E-state index is -0.977. The van der Waals surface area contributed by atoms with Gasteiger partial charge in [0, 0.05) is 5.92 Å². The van der Waals surface area contributed by atoms with E-state index >= 15 is 0 Å². The zero-order valence-electron chi connectivity index (χ0n) is 14.4. The first-order valence-corrected chi connectivity index (χ1v) is 9.03. The predicted molar refractivity (Wildman–Crippen MR) is 91.7 cm³/mol. The summed E-state index contributed by atoms with van der Waals surface area (Å²) in [5.41, 5.74) is 0.433. The van der Waals surface area contributed by atoms with Gasteiger partial charge in [0.25, 0.3) is 0 Å². The molecular weight excluding hydrogens is 334 g/mol. The number of amides is 1. The summed E-state index contributed by atoms with van der Waals surface area (Å²) < 4.78 is 5.39. The lowest BCUT2D eigenvalue weighted by molar-refractivity contribution is -0.122. The van der Waals surface area contributed by atoms with Crippen molar-refractivity contribution in [1.29, 1.82) is 0 Å². The Morgan fingerprint density at radius 2 is 1.88 bits per heavy atom. The van der Waals surface area contributed by atoms with E-state index in [0.717, 1.165) is 44.1 Å². The van der Waals surface area contributed by atoms with Gasteiger partial charge in [0.05, 0.1) is 12.0 Å². The van der Waals surface area contributed by atoms with Gasteiger partial charge < -0.3 is 14.9 Å². The predicted octanol–water partition coefficient (Wildman–Crippen LogP) is 2.77. The zero-order chi connectivity index (χ0) is 18.1. The van der Waals surface area contributed by atoms with Crippen LogP contribution in [0.2, 0.25) is 0 Å². The quantitative estimate of drug-likeness (QED) is 0.825. The normalized spacial score (nSPS) is 18.6. The number of rotatable bonds is 6. The molecule has 4 rings (SSSR count). The van der Waals surface area contributed by atoms with Crippen LogP contribution in [0.15, 0.2) is 28.8 Å². The largest absolute Gasteiger partial charge is 0.478 e. The lowest BCUT2D eigenvalue weighted by Crippen LogP contribution is -2.45. The number of hydrogen-bond donors (Lipinski definition) is 2. The standard InChI is InChI=1S/C19H21N3O4/c23-15(11-12-3-5-14(6-4-12)17(24)25)21-19(9-1-2-10-19)18-20-16(26-22-18)13-7-8-13/h3-6,13H,1-2,7-11H2,(H,21,23)(H,24,25). The Balaban J connectivity index is 1.47. The van der Waals surface area contributed by atoms with E-state index in [1.165, 1.54) is 12.1 Å². The molecule has 1 heterocycles. The lowest BCUT2D eigenvalue weighted by Gasteiger charge is -2.26. The first kappa shape index (κ1) is 16.8. The fraction of sp³-hybridized carbons (Fsp3) is 0.474. The van der Waals surface area contributed by atoms with E-state index in [1.807, 2.05) is 0 Å². The van der Waals surface area contributed by atoms with Crippen LogP contribution in [0, 0.1) is 0 Å². The fourth-order valence-corrected chi connectivity index (χ4v) is 3.57. The number of nitrogens with one attached hydrogen (secondary N) is 1. The third-order valence-electron chi connectivity index (χ3n) is 5.20. The molecule has 2 aromatic rings. The van der Waals surface area contributed by atoms with E-state index in [2.05, 4.69) is 15.5 Å². The van der Waals surface area contributed by atoms with Crippen molar-refractivity contribution in [2.75, 3.05) is 0 Å². The maximum Gasteiger partial charge on any atom is 0.335 e. The Kier molecular flexibility index (Phi) is 4.22. The van der Waals surface area contributed by atoms with Crippen LogP contribution in [0.25, 0.3) is 0 Å². The van der Waals surface area contributed by atoms with Crippen LogP contribution in [-0.2, 0) is 16.8 Å². The van der Waals surface area contributed by atoms with E-state index in [1.54, 1.807) is 12.1 Å². The molecule has 7 nitrogen and oxygen atoms in total. The summed E-state index contributed by atoms with van der Waals surface area (Å²) in [6.07, 6.45) is 6.01. The molecule has 7 heteroatoms. The van der Waals surface area contributed by atoms with Gasteiger partial charge >= 0.3 is 5.97 Å². The van der Waals surface area contributed by atoms with Gasteiger partial charge in [-0.05, 0) is 43.4 Å². The van der Waals surface area contributed by atoms with Crippen molar-refractivity contribution >= 4 is 11.9 Å². The van der Waals surface area contributed by atoms with Gasteiger partial charge in [-0.15, -0.1) is 0 Å². The van der Waals surface area contributed by atoms with Crippen LogP contribution in [0.4, 0.5) is 0 Å². The topological polar surface area (TPSA) is 105 Å². The molecule has 1 aromatic carbocycles. The van der Waals surface area contributed by atoms with E-state index in [-0.39, 0.29) is 17.9 Å². The molecule has 0 atom stereocenters. The first-order valence-electron chi connectivity index (χ1n) is 9.03. The fourth-order valence-electron chi connectivity index (χ4n) is 3.57. The molecule has 0 bridgehead atoms. The molecule has 2 saturated carbocycles. The van der Waals surface area contributed by atoms with Crippen LogP contribution in [-0.4, -0.2) is 27.1 Å². The minimum absolute atomic E-state index is 0.118. The number of carboxylic acid groups (broad SMARTS) is 1. The van der Waals surface area contributed by atoms with Gasteiger partial charge in [-0.3, -0.25) is 4.79 Å². The summed E-state index contributed by atoms with van der Waals surface area (Å²) in [5, 5.41) is 16.2. The molecular formula is C19H21N3O4. The number of nitrogens with zero attached hydrogens (tertiary/aromatic N) is 2. The highest BCUT2D eigenvalue weighted by Gasteiger charge is 2.42. The van der Waals surface area contributed by atoms with Gasteiger partial charge in [0.15, 0.2) is 5.82 Å². The van der Waals surface area contributed by atoms with Crippen molar-refractivity contribution in [1.82, 2.24) is 15.5 Å². The Bertz CT molecular complexity index is 818. The third kappa shape index (κ3) is 3.34. The number of aromatic nitrogens is 2. The molecule has 2 fully saturated rings. The number of hydrogen-bond acceptors (Lipinski definition) is 5. The number of carboxylic acids is 1. The Morgan fingerprint density at radius 3 is 2.50 bits per heavy atom. The number of aromatic carboxylic acids is 1. The maximum absolute atomic E-state index is 12.6. The van der Waals surface area contributed by atoms with Crippen LogP contribution in [0.5, 0.6) is 0 Å². The molecule has 0 unspecified atom stereocenters. The minimum Gasteiger partial charge on any atom is -0.478 e. The highest BCUT2D eigenvalue weighted by Crippen LogP contribution is 2.42. The molecule has 0 saturated heterocycles. The van der Waals surface area contributed by atoms with Crippen molar-refractivity contribution < 1.29 is 19.2 Å². The second kappa shape index (κ2) is 6.55. The highest BCUT2D eigenvalue weighted by atomic mass is 16.5. The molecule has 2 aliphatic rings. The summed E-state index contributed by atoms with van der Waals surface area (Å²) in [4.78, 5) is 28.1. The van der Waals surface area contributed by atoms with Crippen molar-refractivity contribution in [2.24, 2.45) is 0 Å². The first-order chi connectivity index (χ1) is 12.6. The highest BCUT2D eigenvalue weighted by molar-refractivity contribution is 5.87. The van der Waals surface area contributed by atoms with Gasteiger partial charge in [-0.25, -0.2) is 4.79 Å². The molecule has 2 aliphatic carbocycles. The van der Waals surface area contributed by atoms with Gasteiger partial charge in [0.1, 0.15) is 5.54 Å². The van der Waals surface area contributed by atoms with E-state index in [0.29, 0.717) is 17.6 Å². The van der Waals surface area contributed by atoms with Gasteiger partial charge in [0.2, 0.25) is 11.8 Å². The average Bonchev–Trinajstić information content (AvgIpc) is 3.15. The van der Waals surface area contributed by atoms with E-state index in [4.69, 9.17) is 9.63 Å². The Hall–Kier alpha value is -2.70. The second-order valence-corrected chi connectivity index (χ2v) is 7.25. The molecule has 0 radical (unpaired) electrons. The second-order valence-electron chi connectivity index (χ2n) is 7.25. The summed E-state index contributed by atoms with van der Waals surface area (Å²) in [6, 6.07) is 6.36. The van der Waals surface area contributed by atoms with Crippen molar-refractivity contribution in [3.05, 3.63) is 47.1 Å². The van der Waals surface area contributed by atoms with Crippen LogP contribution in [0.1, 0.15) is 72.1 Å². The van der Waals surface area contributed by atoms with Crippen LogP contribution < -0.4 is 5.32 Å². The smallest absolute Gasteiger partial charge is 0.335 e. The Morgan fingerprint density at radius 1 is 1.19 bits per heavy atom. The number of carbonyl (C=O) groups excluding carboxylic acids is 1. The summed E-state index contributed by atoms with van der Waals surface area (Å²) >= 11 is 0. The summed E-state index contributed by atoms with van der Waals surface area (Å²) in [6.45, 7) is 0. The SMILES string of the molecule is O=C(Cc1ccc(C(=O)O)cc1)NC1(c2noc(C3CC3)n2)CCCC1. The molecule has 2 N–H and O–H groups in total. The molecule has 0 spiro atoms. The van der Waals surface area contributed by atoms with Crippen LogP contribution in [0.3, 0.4) is 0 Å². The summed E-state index contributed by atoms with van der Waals surface area (Å²) in [7, 11) is 0. The zero-order valence-corrected chi connectivity index (χ0v) is 14.4. The van der Waals surface area contributed by atoms with E-state index < -0.39 is 11.5 Å². The molecule has 26 heavy (non-hydrogen) atoms. The third-order valence-corrected chi connectivity index (χ3v) is 5.20. The number of benzene rings is 1. The monoisotopic (exact) mass is 355 g/mol. The van der Waals surface area contributed by atoms with Crippen molar-refractivity contribution in [3.8, 4) is 0 Å². The molecule has 1 amide bonds. The van der Waals surface area contributed by atoms with Gasteiger partial charge in [-0.2, -0.15) is 4.98 Å². The van der Waals surface area contributed by atoms with E-state index in [9.17, 15) is 9.59 Å². The average molecular weight is 355 g/mol. The molecule has 0 aliphatic heterocycles. The maximum atomic E-state index is 12.6. The van der Waals surface area contributed by atoms with Crippen molar-refractivity contribution in [2.45, 2.75) is 56.4 Å². The molecule has 136 valence electrons. The Labute approximate surface area is 150 Å². The lowest BCUT2D eigenvalue weighted by atomic mass is 9.95. The van der Waals surface area contributed by atoms with Crippen molar-refractivity contribution in [3.63, 3.8) is 0 Å². The number of carbonyl (C=O) groups is 2. The molecule has 1 aromatic heterocycles. The van der Waals surface area contributed by atoms with Crippen LogP contribution >= 0.6 is 0 Å².